The average molecular weight is 200 g/mol. The molecule has 1 aliphatic carbocycles. The lowest BCUT2D eigenvalue weighted by molar-refractivity contribution is 0.0697. The number of carboxylic acid groups (broad SMARTS) is 1. The Morgan fingerprint density at radius 3 is 2.47 bits per heavy atom. The Labute approximate surface area is 88.6 Å². The van der Waals surface area contributed by atoms with Gasteiger partial charge in [-0.3, -0.25) is 0 Å². The van der Waals surface area contributed by atoms with Gasteiger partial charge < -0.3 is 5.11 Å². The van der Waals surface area contributed by atoms with Crippen molar-refractivity contribution >= 4 is 5.97 Å². The lowest BCUT2D eigenvalue weighted by Gasteiger charge is -2.13. The van der Waals surface area contributed by atoms with Crippen molar-refractivity contribution < 1.29 is 9.90 Å². The minimum absolute atomic E-state index is 0.342. The first-order valence-corrected chi connectivity index (χ1v) is 4.94. The number of hydrogen-bond donors (Lipinski definition) is 1. The Morgan fingerprint density at radius 2 is 1.93 bits per heavy atom. The van der Waals surface area contributed by atoms with Crippen LogP contribution in [0.25, 0.3) is 0 Å². The number of carbonyl (C=O) groups is 1. The summed E-state index contributed by atoms with van der Waals surface area (Å²) in [6.45, 7) is 0. The van der Waals surface area contributed by atoms with Crippen LogP contribution >= 0.6 is 0 Å². The van der Waals surface area contributed by atoms with Crippen LogP contribution in [0.3, 0.4) is 0 Å². The highest BCUT2D eigenvalue weighted by atomic mass is 16.4. The Balaban J connectivity index is 2.20. The molecule has 1 aromatic rings. The van der Waals surface area contributed by atoms with Crippen molar-refractivity contribution in [1.29, 1.82) is 0 Å². The predicted molar refractivity (Wildman–Crippen MR) is 59.0 cm³/mol. The molecule has 1 aromatic carbocycles. The molecule has 0 saturated heterocycles. The smallest absolute Gasteiger partial charge is 0.335 e. The second-order valence-corrected chi connectivity index (χ2v) is 3.58. The molecule has 76 valence electrons. The zero-order valence-electron chi connectivity index (χ0n) is 8.26. The van der Waals surface area contributed by atoms with Gasteiger partial charge in [-0.05, 0) is 24.1 Å². The number of carboxylic acids is 1. The summed E-state index contributed by atoms with van der Waals surface area (Å²) < 4.78 is 0. The van der Waals surface area contributed by atoms with Crippen LogP contribution in [0.4, 0.5) is 0 Å². The Kier molecular flexibility index (Phi) is 2.68. The van der Waals surface area contributed by atoms with Crippen LogP contribution in [-0.4, -0.2) is 11.1 Å². The highest BCUT2D eigenvalue weighted by Crippen LogP contribution is 2.24. The van der Waals surface area contributed by atoms with Gasteiger partial charge in [-0.1, -0.05) is 36.4 Å². The van der Waals surface area contributed by atoms with Crippen molar-refractivity contribution in [2.45, 2.75) is 12.3 Å². The molecule has 15 heavy (non-hydrogen) atoms. The second-order valence-electron chi connectivity index (χ2n) is 3.58. The maximum atomic E-state index is 10.7. The van der Waals surface area contributed by atoms with E-state index in [0.717, 1.165) is 6.42 Å². The molecule has 1 unspecified atom stereocenters. The minimum atomic E-state index is -0.874. The van der Waals surface area contributed by atoms with E-state index in [4.69, 9.17) is 5.11 Å². The van der Waals surface area contributed by atoms with Crippen LogP contribution in [-0.2, 0) is 0 Å². The number of allylic oxidation sites excluding steroid dienone is 4. The summed E-state index contributed by atoms with van der Waals surface area (Å²) in [5.74, 6) is -0.488. The largest absolute Gasteiger partial charge is 0.478 e. The number of benzene rings is 1. The zero-order chi connectivity index (χ0) is 10.7. The number of aromatic carboxylic acids is 1. The monoisotopic (exact) mass is 200 g/mol. The van der Waals surface area contributed by atoms with Crippen LogP contribution < -0.4 is 0 Å². The molecule has 0 bridgehead atoms. The van der Waals surface area contributed by atoms with Gasteiger partial charge in [0.25, 0.3) is 0 Å². The Morgan fingerprint density at radius 1 is 1.20 bits per heavy atom. The first-order valence-electron chi connectivity index (χ1n) is 4.94. The fraction of sp³-hybridized carbons (Fsp3) is 0.154. The van der Waals surface area contributed by atoms with E-state index in [1.54, 1.807) is 12.1 Å². The highest BCUT2D eigenvalue weighted by molar-refractivity contribution is 5.87. The summed E-state index contributed by atoms with van der Waals surface area (Å²) in [6.07, 6.45) is 9.30. The van der Waals surface area contributed by atoms with Gasteiger partial charge in [-0.15, -0.1) is 0 Å². The van der Waals surface area contributed by atoms with Crippen LogP contribution in [0.15, 0.2) is 48.6 Å². The van der Waals surface area contributed by atoms with Crippen LogP contribution in [0.2, 0.25) is 0 Å². The highest BCUT2D eigenvalue weighted by Gasteiger charge is 2.09. The van der Waals surface area contributed by atoms with E-state index in [9.17, 15) is 4.79 Å². The molecular weight excluding hydrogens is 188 g/mol. The van der Waals surface area contributed by atoms with Crippen molar-refractivity contribution in [3.05, 3.63) is 59.7 Å². The maximum Gasteiger partial charge on any atom is 0.335 e. The molecule has 2 heteroatoms. The van der Waals surface area contributed by atoms with E-state index < -0.39 is 5.97 Å². The van der Waals surface area contributed by atoms with E-state index in [0.29, 0.717) is 11.5 Å². The molecule has 0 amide bonds. The normalized spacial score (nSPS) is 19.1. The SMILES string of the molecule is O=C(O)c1ccc(C2C=CC=CC2)cc1. The van der Waals surface area contributed by atoms with Gasteiger partial charge in [0.15, 0.2) is 0 Å². The lowest BCUT2D eigenvalue weighted by Crippen LogP contribution is -1.99. The summed E-state index contributed by atoms with van der Waals surface area (Å²) in [5, 5.41) is 8.76. The van der Waals surface area contributed by atoms with E-state index in [1.807, 2.05) is 24.3 Å². The Hall–Kier alpha value is -1.83. The fourth-order valence-electron chi connectivity index (χ4n) is 1.70. The van der Waals surface area contributed by atoms with Crippen molar-refractivity contribution in [3.63, 3.8) is 0 Å². The molecule has 1 N–H and O–H groups in total. The Bertz CT molecular complexity index is 413. The summed E-state index contributed by atoms with van der Waals surface area (Å²) >= 11 is 0. The third-order valence-electron chi connectivity index (χ3n) is 2.57. The molecule has 0 spiro atoms. The molecule has 0 heterocycles. The van der Waals surface area contributed by atoms with Gasteiger partial charge in [0.05, 0.1) is 5.56 Å². The lowest BCUT2D eigenvalue weighted by atomic mass is 9.92. The van der Waals surface area contributed by atoms with Crippen molar-refractivity contribution in [2.75, 3.05) is 0 Å². The fourth-order valence-corrected chi connectivity index (χ4v) is 1.70. The molecule has 0 aromatic heterocycles. The molecule has 0 saturated carbocycles. The van der Waals surface area contributed by atoms with Gasteiger partial charge >= 0.3 is 5.97 Å². The van der Waals surface area contributed by atoms with Gasteiger partial charge in [0, 0.05) is 5.92 Å². The zero-order valence-corrected chi connectivity index (χ0v) is 8.26. The molecule has 1 atom stereocenters. The first-order chi connectivity index (χ1) is 7.27. The van der Waals surface area contributed by atoms with Crippen molar-refractivity contribution in [1.82, 2.24) is 0 Å². The van der Waals surface area contributed by atoms with Gasteiger partial charge in [0.1, 0.15) is 0 Å². The molecule has 0 radical (unpaired) electrons. The third-order valence-corrected chi connectivity index (χ3v) is 2.57. The minimum Gasteiger partial charge on any atom is -0.478 e. The molecule has 0 aliphatic heterocycles. The van der Waals surface area contributed by atoms with E-state index >= 15 is 0 Å². The quantitative estimate of drug-likeness (QED) is 0.796. The van der Waals surface area contributed by atoms with Gasteiger partial charge in [-0.25, -0.2) is 4.79 Å². The molecular formula is C13H12O2. The van der Waals surface area contributed by atoms with Crippen LogP contribution in [0.1, 0.15) is 28.3 Å². The van der Waals surface area contributed by atoms with Crippen LogP contribution in [0.5, 0.6) is 0 Å². The molecule has 2 nitrogen and oxygen atoms in total. The number of rotatable bonds is 2. The van der Waals surface area contributed by atoms with Crippen molar-refractivity contribution in [2.24, 2.45) is 0 Å². The molecule has 2 rings (SSSR count). The van der Waals surface area contributed by atoms with Gasteiger partial charge in [0.2, 0.25) is 0 Å². The van der Waals surface area contributed by atoms with Crippen LogP contribution in [0, 0.1) is 0 Å². The third kappa shape index (κ3) is 2.15. The topological polar surface area (TPSA) is 37.3 Å². The predicted octanol–water partition coefficient (Wildman–Crippen LogP) is 2.98. The second kappa shape index (κ2) is 4.13. The maximum absolute atomic E-state index is 10.7. The average Bonchev–Trinajstić information content (AvgIpc) is 2.30. The summed E-state index contributed by atoms with van der Waals surface area (Å²) in [7, 11) is 0. The van der Waals surface area contributed by atoms with Crippen molar-refractivity contribution in [3.8, 4) is 0 Å². The molecule has 1 aliphatic rings. The first kappa shape index (κ1) is 9.71. The van der Waals surface area contributed by atoms with E-state index in [2.05, 4.69) is 12.2 Å². The van der Waals surface area contributed by atoms with E-state index in [1.165, 1.54) is 5.56 Å². The van der Waals surface area contributed by atoms with Gasteiger partial charge in [-0.2, -0.15) is 0 Å². The summed E-state index contributed by atoms with van der Waals surface area (Å²) in [5.41, 5.74) is 1.51. The van der Waals surface area contributed by atoms with E-state index in [-0.39, 0.29) is 0 Å². The summed E-state index contributed by atoms with van der Waals surface area (Å²) in [4.78, 5) is 10.7. The summed E-state index contributed by atoms with van der Waals surface area (Å²) in [6, 6.07) is 7.09. The standard InChI is InChI=1S/C13H12O2/c14-13(15)12-8-6-11(7-9-12)10-4-2-1-3-5-10/h1-4,6-10H,5H2,(H,14,15). The molecule has 0 fully saturated rings. The number of hydrogen-bond acceptors (Lipinski definition) is 1.